The van der Waals surface area contributed by atoms with E-state index >= 15 is 0 Å². The van der Waals surface area contributed by atoms with Crippen molar-refractivity contribution in [2.75, 3.05) is 13.1 Å². The SMILES string of the molecule is CCNC(=NCc1ccc(Br)s1)NCC(C)(O)c1ccc(C)o1.I. The second kappa shape index (κ2) is 9.79. The highest BCUT2D eigenvalue weighted by Crippen LogP contribution is 2.23. The average Bonchev–Trinajstić information content (AvgIpc) is 3.11. The fraction of sp³-hybridized carbons (Fsp3) is 0.438. The van der Waals surface area contributed by atoms with E-state index in [-0.39, 0.29) is 24.0 Å². The van der Waals surface area contributed by atoms with Gasteiger partial charge in [-0.1, -0.05) is 0 Å². The first-order chi connectivity index (χ1) is 10.9. The van der Waals surface area contributed by atoms with Crippen LogP contribution in [0, 0.1) is 6.92 Å². The molecule has 0 aromatic carbocycles. The third-order valence-electron chi connectivity index (χ3n) is 3.24. The van der Waals surface area contributed by atoms with E-state index in [1.165, 1.54) is 4.88 Å². The molecule has 1 atom stereocenters. The number of nitrogens with zero attached hydrogens (tertiary/aromatic N) is 1. The maximum Gasteiger partial charge on any atom is 0.191 e. The van der Waals surface area contributed by atoms with Crippen molar-refractivity contribution in [3.8, 4) is 0 Å². The van der Waals surface area contributed by atoms with Gasteiger partial charge in [-0.05, 0) is 61.0 Å². The Bertz CT molecular complexity index is 670. The molecule has 0 saturated heterocycles. The van der Waals surface area contributed by atoms with Gasteiger partial charge in [0.05, 0.1) is 16.9 Å². The number of thiophene rings is 1. The number of nitrogens with one attached hydrogen (secondary N) is 2. The number of furan rings is 1. The summed E-state index contributed by atoms with van der Waals surface area (Å²) >= 11 is 5.11. The molecule has 5 nitrogen and oxygen atoms in total. The minimum Gasteiger partial charge on any atom is -0.463 e. The maximum atomic E-state index is 10.6. The van der Waals surface area contributed by atoms with Gasteiger partial charge in [0.2, 0.25) is 0 Å². The van der Waals surface area contributed by atoms with E-state index in [1.54, 1.807) is 24.3 Å². The van der Waals surface area contributed by atoms with Crippen molar-refractivity contribution < 1.29 is 9.52 Å². The van der Waals surface area contributed by atoms with Crippen LogP contribution in [0.1, 0.15) is 30.2 Å². The molecule has 134 valence electrons. The van der Waals surface area contributed by atoms with Crippen LogP contribution in [0.25, 0.3) is 0 Å². The molecule has 0 aliphatic rings. The predicted octanol–water partition coefficient (Wildman–Crippen LogP) is 3.99. The van der Waals surface area contributed by atoms with Crippen LogP contribution >= 0.6 is 51.2 Å². The second-order valence-electron chi connectivity index (χ2n) is 5.44. The fourth-order valence-corrected chi connectivity index (χ4v) is 3.41. The third-order valence-corrected chi connectivity index (χ3v) is 4.85. The zero-order chi connectivity index (χ0) is 16.9. The summed E-state index contributed by atoms with van der Waals surface area (Å²) in [7, 11) is 0. The van der Waals surface area contributed by atoms with Crippen molar-refractivity contribution in [3.05, 3.63) is 44.4 Å². The Balaban J connectivity index is 0.00000288. The number of hydrogen-bond donors (Lipinski definition) is 3. The van der Waals surface area contributed by atoms with Gasteiger partial charge < -0.3 is 20.2 Å². The minimum absolute atomic E-state index is 0. The van der Waals surface area contributed by atoms with Gasteiger partial charge in [-0.3, -0.25) is 0 Å². The van der Waals surface area contributed by atoms with E-state index < -0.39 is 5.60 Å². The highest BCUT2D eigenvalue weighted by molar-refractivity contribution is 14.0. The van der Waals surface area contributed by atoms with Crippen LogP contribution in [0.15, 0.2) is 37.5 Å². The highest BCUT2D eigenvalue weighted by atomic mass is 127. The number of rotatable bonds is 6. The number of aryl methyl sites for hydroxylation is 1. The summed E-state index contributed by atoms with van der Waals surface area (Å²) < 4.78 is 6.61. The molecule has 2 rings (SSSR count). The summed E-state index contributed by atoms with van der Waals surface area (Å²) in [5.41, 5.74) is -1.10. The number of aliphatic imine (C=N–C) groups is 1. The lowest BCUT2D eigenvalue weighted by atomic mass is 10.0. The van der Waals surface area contributed by atoms with E-state index in [9.17, 15) is 5.11 Å². The first kappa shape index (κ1) is 21.5. The number of guanidine groups is 1. The molecule has 0 radical (unpaired) electrons. The van der Waals surface area contributed by atoms with Crippen molar-refractivity contribution in [2.45, 2.75) is 32.9 Å². The van der Waals surface area contributed by atoms with Gasteiger partial charge in [-0.2, -0.15) is 0 Å². The number of hydrogen-bond acceptors (Lipinski definition) is 4. The molecule has 0 fully saturated rings. The van der Waals surface area contributed by atoms with Gasteiger partial charge >= 0.3 is 0 Å². The Kier molecular flexibility index (Phi) is 8.75. The quantitative estimate of drug-likeness (QED) is 0.302. The van der Waals surface area contributed by atoms with Crippen molar-refractivity contribution in [1.82, 2.24) is 10.6 Å². The van der Waals surface area contributed by atoms with Crippen LogP contribution in [0.2, 0.25) is 0 Å². The van der Waals surface area contributed by atoms with E-state index in [1.807, 2.05) is 32.0 Å². The van der Waals surface area contributed by atoms with E-state index in [4.69, 9.17) is 4.42 Å². The van der Waals surface area contributed by atoms with Crippen LogP contribution in [0.5, 0.6) is 0 Å². The average molecular weight is 528 g/mol. The largest absolute Gasteiger partial charge is 0.463 e. The standard InChI is InChI=1S/C16H22BrN3O2S.HI/c1-4-18-15(19-9-12-6-8-14(17)23-12)20-10-16(3,21)13-7-5-11(2)22-13;/h5-8,21H,4,9-10H2,1-3H3,(H2,18,19,20);1H. The molecule has 0 spiro atoms. The Morgan fingerprint density at radius 2 is 2.08 bits per heavy atom. The van der Waals surface area contributed by atoms with Crippen LogP contribution in [-0.4, -0.2) is 24.2 Å². The zero-order valence-electron chi connectivity index (χ0n) is 13.9. The summed E-state index contributed by atoms with van der Waals surface area (Å²) in [5.74, 6) is 1.99. The van der Waals surface area contributed by atoms with Crippen molar-refractivity contribution in [3.63, 3.8) is 0 Å². The van der Waals surface area contributed by atoms with Crippen LogP contribution < -0.4 is 10.6 Å². The molecular formula is C16H23BrIN3O2S. The molecule has 0 bridgehead atoms. The lowest BCUT2D eigenvalue weighted by Crippen LogP contribution is -2.44. The van der Waals surface area contributed by atoms with Crippen LogP contribution in [0.3, 0.4) is 0 Å². The van der Waals surface area contributed by atoms with Crippen LogP contribution in [-0.2, 0) is 12.1 Å². The molecule has 1 unspecified atom stereocenters. The van der Waals surface area contributed by atoms with Crippen molar-refractivity contribution >= 4 is 57.2 Å². The molecule has 8 heteroatoms. The Hall–Kier alpha value is -0.580. The predicted molar refractivity (Wildman–Crippen MR) is 113 cm³/mol. The smallest absolute Gasteiger partial charge is 0.191 e. The third kappa shape index (κ3) is 6.38. The van der Waals surface area contributed by atoms with Gasteiger partial charge in [0.1, 0.15) is 17.1 Å². The number of aliphatic hydroxyl groups is 1. The zero-order valence-corrected chi connectivity index (χ0v) is 18.7. The second-order valence-corrected chi connectivity index (χ2v) is 7.99. The van der Waals surface area contributed by atoms with Crippen molar-refractivity contribution in [1.29, 1.82) is 0 Å². The molecule has 0 aliphatic carbocycles. The maximum absolute atomic E-state index is 10.6. The fourth-order valence-electron chi connectivity index (χ4n) is 2.00. The topological polar surface area (TPSA) is 69.8 Å². The Morgan fingerprint density at radius 1 is 1.33 bits per heavy atom. The van der Waals surface area contributed by atoms with E-state index in [0.29, 0.717) is 24.8 Å². The molecule has 2 aromatic heterocycles. The highest BCUT2D eigenvalue weighted by Gasteiger charge is 2.27. The summed E-state index contributed by atoms with van der Waals surface area (Å²) in [5, 5.41) is 16.9. The summed E-state index contributed by atoms with van der Waals surface area (Å²) in [6, 6.07) is 7.70. The molecule has 2 aromatic rings. The molecule has 0 aliphatic heterocycles. The molecule has 3 N–H and O–H groups in total. The van der Waals surface area contributed by atoms with Crippen molar-refractivity contribution in [2.24, 2.45) is 4.99 Å². The van der Waals surface area contributed by atoms with Gasteiger partial charge in [0.25, 0.3) is 0 Å². The lowest BCUT2D eigenvalue weighted by Gasteiger charge is -2.22. The van der Waals surface area contributed by atoms with Gasteiger partial charge in [0.15, 0.2) is 5.96 Å². The van der Waals surface area contributed by atoms with E-state index in [0.717, 1.165) is 16.1 Å². The summed E-state index contributed by atoms with van der Waals surface area (Å²) in [6.07, 6.45) is 0. The molecule has 24 heavy (non-hydrogen) atoms. The minimum atomic E-state index is -1.10. The lowest BCUT2D eigenvalue weighted by molar-refractivity contribution is 0.0378. The van der Waals surface area contributed by atoms with Gasteiger partial charge in [-0.15, -0.1) is 35.3 Å². The molecular weight excluding hydrogens is 505 g/mol. The van der Waals surface area contributed by atoms with Gasteiger partial charge in [-0.25, -0.2) is 4.99 Å². The summed E-state index contributed by atoms with van der Waals surface area (Å²) in [6.45, 7) is 7.23. The van der Waals surface area contributed by atoms with E-state index in [2.05, 4.69) is 31.6 Å². The summed E-state index contributed by atoms with van der Waals surface area (Å²) in [4.78, 5) is 5.71. The molecule has 0 amide bonds. The normalized spacial score (nSPS) is 14.0. The number of halogens is 2. The van der Waals surface area contributed by atoms with Gasteiger partial charge in [0, 0.05) is 11.4 Å². The molecule has 2 heterocycles. The molecule has 0 saturated carbocycles. The first-order valence-corrected chi connectivity index (χ1v) is 9.07. The first-order valence-electron chi connectivity index (χ1n) is 7.46. The van der Waals surface area contributed by atoms with Crippen LogP contribution in [0.4, 0.5) is 0 Å². The monoisotopic (exact) mass is 527 g/mol. The Labute approximate surface area is 172 Å². The Morgan fingerprint density at radius 3 is 2.62 bits per heavy atom.